The van der Waals surface area contributed by atoms with Gasteiger partial charge < -0.3 is 31.7 Å². The van der Waals surface area contributed by atoms with Gasteiger partial charge in [0.15, 0.2) is 9.84 Å². The van der Waals surface area contributed by atoms with Gasteiger partial charge >= 0.3 is 12.0 Å². The van der Waals surface area contributed by atoms with Crippen LogP contribution in [0.3, 0.4) is 0 Å². The molecule has 0 bridgehead atoms. The lowest BCUT2D eigenvalue weighted by Crippen LogP contribution is -2.54. The molecule has 0 radical (unpaired) electrons. The average molecular weight is 638 g/mol. The summed E-state index contributed by atoms with van der Waals surface area (Å²) in [4.78, 5) is 61.8. The van der Waals surface area contributed by atoms with E-state index in [0.717, 1.165) is 11.0 Å². The number of urea groups is 1. The van der Waals surface area contributed by atoms with Crippen molar-refractivity contribution in [2.45, 2.75) is 84.9 Å². The number of unbranched alkanes of at least 4 members (excludes halogenated alkanes) is 2. The largest absolute Gasteiger partial charge is 0.461 e. The lowest BCUT2D eigenvalue weighted by molar-refractivity contribution is -0.148. The van der Waals surface area contributed by atoms with Gasteiger partial charge in [-0.15, -0.1) is 0 Å². The monoisotopic (exact) mass is 637 g/mol. The van der Waals surface area contributed by atoms with Gasteiger partial charge in [0, 0.05) is 24.1 Å². The van der Waals surface area contributed by atoms with Crippen LogP contribution in [0.2, 0.25) is 0 Å². The Labute approximate surface area is 260 Å². The number of primary amides is 1. The molecule has 0 aliphatic rings. The number of esters is 1. The van der Waals surface area contributed by atoms with Crippen LogP contribution in [0.25, 0.3) is 0 Å². The molecule has 0 spiro atoms. The molecular formula is C30H47N5O8S. The van der Waals surface area contributed by atoms with E-state index in [1.165, 1.54) is 0 Å². The highest BCUT2D eigenvalue weighted by atomic mass is 32.2. The van der Waals surface area contributed by atoms with Crippen LogP contribution in [0.5, 0.6) is 0 Å². The molecule has 6 N–H and O–H groups in total. The highest BCUT2D eigenvalue weighted by Crippen LogP contribution is 2.13. The molecule has 13 nitrogen and oxygen atoms in total. The number of carbonyl (C=O) groups excluding carboxylic acids is 5. The maximum Gasteiger partial charge on any atom is 0.312 e. The zero-order valence-corrected chi connectivity index (χ0v) is 26.8. The minimum absolute atomic E-state index is 0.0363. The first kappa shape index (κ1) is 38.1. The maximum absolute atomic E-state index is 13.3. The third-order valence-corrected chi connectivity index (χ3v) is 7.89. The van der Waals surface area contributed by atoms with Crippen LogP contribution in [0, 0.1) is 11.8 Å². The van der Waals surface area contributed by atoms with Crippen molar-refractivity contribution in [3.05, 3.63) is 41.8 Å². The topological polar surface area (TPSA) is 203 Å². The third kappa shape index (κ3) is 15.5. The van der Waals surface area contributed by atoms with E-state index in [-0.39, 0.29) is 55.5 Å². The average Bonchev–Trinajstić information content (AvgIpc) is 2.96. The molecule has 0 fully saturated rings. The molecule has 2 atom stereocenters. The number of amides is 5. The quantitative estimate of drug-likeness (QED) is 0.106. The summed E-state index contributed by atoms with van der Waals surface area (Å²) < 4.78 is 28.2. The number of rotatable bonds is 20. The minimum atomic E-state index is -3.29. The Bertz CT molecular complexity index is 1230. The Morgan fingerprint density at radius 1 is 0.932 bits per heavy atom. The molecule has 1 aromatic rings. The van der Waals surface area contributed by atoms with Crippen molar-refractivity contribution in [1.29, 1.82) is 0 Å². The summed E-state index contributed by atoms with van der Waals surface area (Å²) in [5, 5.41) is 11.6. The second-order valence-electron chi connectivity index (χ2n) is 11.1. The molecule has 0 aliphatic heterocycles. The van der Waals surface area contributed by atoms with Gasteiger partial charge in [-0.1, -0.05) is 52.8 Å². The van der Waals surface area contributed by atoms with E-state index in [4.69, 9.17) is 10.5 Å². The van der Waals surface area contributed by atoms with Crippen molar-refractivity contribution in [2.75, 3.05) is 17.6 Å². The summed E-state index contributed by atoms with van der Waals surface area (Å²) in [6.45, 7) is 10.6. The van der Waals surface area contributed by atoms with Crippen molar-refractivity contribution in [3.63, 3.8) is 0 Å². The van der Waals surface area contributed by atoms with E-state index >= 15 is 0 Å². The Kier molecular flexibility index (Phi) is 16.8. The number of nitrogens with one attached hydrogen (secondary N) is 4. The van der Waals surface area contributed by atoms with E-state index in [1.807, 2.05) is 0 Å². The van der Waals surface area contributed by atoms with Crippen molar-refractivity contribution >= 4 is 45.2 Å². The Morgan fingerprint density at radius 2 is 1.59 bits per heavy atom. The van der Waals surface area contributed by atoms with E-state index in [2.05, 4.69) is 27.8 Å². The van der Waals surface area contributed by atoms with Gasteiger partial charge in [-0.25, -0.2) is 13.2 Å². The summed E-state index contributed by atoms with van der Waals surface area (Å²) in [6, 6.07) is 4.08. The first-order valence-corrected chi connectivity index (χ1v) is 16.4. The van der Waals surface area contributed by atoms with Gasteiger partial charge in [0.05, 0.1) is 11.7 Å². The Morgan fingerprint density at radius 3 is 2.16 bits per heavy atom. The molecule has 44 heavy (non-hydrogen) atoms. The molecule has 246 valence electrons. The van der Waals surface area contributed by atoms with Crippen molar-refractivity contribution in [3.8, 4) is 0 Å². The highest BCUT2D eigenvalue weighted by molar-refractivity contribution is 7.94. The number of hydrogen-bond donors (Lipinski definition) is 5. The zero-order chi connectivity index (χ0) is 33.3. The zero-order valence-electron chi connectivity index (χ0n) is 26.0. The molecule has 5 amide bonds. The van der Waals surface area contributed by atoms with E-state index in [0.29, 0.717) is 31.4 Å². The summed E-state index contributed by atoms with van der Waals surface area (Å²) in [5.74, 6) is -2.31. The number of ether oxygens (including phenoxy) is 1. The number of anilines is 1. The second-order valence-corrected chi connectivity index (χ2v) is 13.1. The fraction of sp³-hybridized carbons (Fsp3) is 0.567. The molecular weight excluding hydrogens is 590 g/mol. The predicted molar refractivity (Wildman–Crippen MR) is 168 cm³/mol. The summed E-state index contributed by atoms with van der Waals surface area (Å²) in [6.07, 6.45) is 1.98. The standard InChI is InChI=1S/C30H47N5O8S/c1-6-44(41,42)18-9-7-8-12-25(36)35-26(20(2)3)28(38)34-24(11-10-17-32-30(31)40)27(37)33-23-15-13-22(14-16-23)19-43-29(39)21(4)5/h6,13-16,20-21,24,26H,1,7-12,17-19H2,2-5H3,(H,33,37)(H,34,38)(H,35,36)(H3,31,32,40)/t24-,26-/m0/s1. The number of nitrogens with two attached hydrogens (primary N) is 1. The molecule has 0 aromatic heterocycles. The van der Waals surface area contributed by atoms with Crippen LogP contribution >= 0.6 is 0 Å². The summed E-state index contributed by atoms with van der Waals surface area (Å²) in [7, 11) is -3.29. The lowest BCUT2D eigenvalue weighted by Gasteiger charge is -2.25. The molecule has 1 rings (SSSR count). The smallest absolute Gasteiger partial charge is 0.312 e. The van der Waals surface area contributed by atoms with Gasteiger partial charge in [-0.3, -0.25) is 19.2 Å². The van der Waals surface area contributed by atoms with Crippen LogP contribution in [0.4, 0.5) is 10.5 Å². The molecule has 0 saturated heterocycles. The Hall–Kier alpha value is -3.94. The first-order chi connectivity index (χ1) is 20.6. The van der Waals surface area contributed by atoms with Crippen LogP contribution < -0.4 is 27.0 Å². The van der Waals surface area contributed by atoms with Crippen LogP contribution in [0.1, 0.15) is 71.8 Å². The first-order valence-electron chi connectivity index (χ1n) is 14.7. The van der Waals surface area contributed by atoms with E-state index < -0.39 is 39.8 Å². The maximum atomic E-state index is 13.3. The predicted octanol–water partition coefficient (Wildman–Crippen LogP) is 2.52. The number of benzene rings is 1. The summed E-state index contributed by atoms with van der Waals surface area (Å²) >= 11 is 0. The van der Waals surface area contributed by atoms with E-state index in [9.17, 15) is 32.4 Å². The fourth-order valence-corrected chi connectivity index (χ4v) is 4.69. The summed E-state index contributed by atoms with van der Waals surface area (Å²) in [5.41, 5.74) is 6.31. The van der Waals surface area contributed by atoms with Gasteiger partial charge in [-0.05, 0) is 49.3 Å². The SMILES string of the molecule is C=CS(=O)(=O)CCCCCC(=O)N[C@H](C(=O)N[C@@H](CCCNC(N)=O)C(=O)Nc1ccc(COC(=O)C(C)C)cc1)C(C)C. The number of hydrogen-bond acceptors (Lipinski definition) is 8. The lowest BCUT2D eigenvalue weighted by atomic mass is 10.0. The van der Waals surface area contributed by atoms with Gasteiger partial charge in [0.1, 0.15) is 18.7 Å². The van der Waals surface area contributed by atoms with Gasteiger partial charge in [0.2, 0.25) is 17.7 Å². The fourth-order valence-electron chi connectivity index (χ4n) is 3.91. The molecule has 0 unspecified atom stereocenters. The molecule has 14 heteroatoms. The molecule has 0 aliphatic carbocycles. The van der Waals surface area contributed by atoms with Gasteiger partial charge in [0.25, 0.3) is 0 Å². The van der Waals surface area contributed by atoms with Crippen LogP contribution in [-0.4, -0.2) is 62.5 Å². The number of sulfone groups is 1. The molecule has 0 heterocycles. The second kappa shape index (κ2) is 19.4. The number of carbonyl (C=O) groups is 5. The van der Waals surface area contributed by atoms with Crippen molar-refractivity contribution in [1.82, 2.24) is 16.0 Å². The highest BCUT2D eigenvalue weighted by Gasteiger charge is 2.28. The Balaban J connectivity index is 2.83. The van der Waals surface area contributed by atoms with Crippen molar-refractivity contribution in [2.24, 2.45) is 17.6 Å². The minimum Gasteiger partial charge on any atom is -0.461 e. The normalized spacial score (nSPS) is 12.6. The van der Waals surface area contributed by atoms with E-state index in [1.54, 1.807) is 52.0 Å². The third-order valence-electron chi connectivity index (χ3n) is 6.53. The van der Waals surface area contributed by atoms with Gasteiger partial charge in [-0.2, -0.15) is 0 Å². The molecule has 1 aromatic carbocycles. The molecule has 0 saturated carbocycles. The van der Waals surface area contributed by atoms with Crippen LogP contribution in [-0.2, 0) is 40.4 Å². The van der Waals surface area contributed by atoms with Crippen LogP contribution in [0.15, 0.2) is 36.3 Å². The van der Waals surface area contributed by atoms with Crippen molar-refractivity contribution < 1.29 is 37.1 Å².